The Morgan fingerprint density at radius 3 is 3.00 bits per heavy atom. The van der Waals surface area contributed by atoms with E-state index in [0.717, 1.165) is 18.6 Å². The van der Waals surface area contributed by atoms with Crippen LogP contribution in [0.25, 0.3) is 0 Å². The van der Waals surface area contributed by atoms with Gasteiger partial charge in [-0.05, 0) is 41.7 Å². The summed E-state index contributed by atoms with van der Waals surface area (Å²) >= 11 is 0. The van der Waals surface area contributed by atoms with Crippen LogP contribution in [0.3, 0.4) is 0 Å². The zero-order valence-corrected chi connectivity index (χ0v) is 8.90. The first-order chi connectivity index (χ1) is 7.23. The van der Waals surface area contributed by atoms with Crippen LogP contribution in [0, 0.1) is 0 Å². The highest BCUT2D eigenvalue weighted by atomic mass is 16.4. The molecule has 1 saturated carbocycles. The molecule has 15 heavy (non-hydrogen) atoms. The molecular formula is C13H15NO. The average molecular weight is 201 g/mol. The van der Waals surface area contributed by atoms with Crippen molar-refractivity contribution in [2.75, 3.05) is 0 Å². The van der Waals surface area contributed by atoms with Crippen molar-refractivity contribution in [3.63, 3.8) is 0 Å². The van der Waals surface area contributed by atoms with Gasteiger partial charge >= 0.3 is 0 Å². The first-order valence-corrected chi connectivity index (χ1v) is 5.52. The van der Waals surface area contributed by atoms with Crippen molar-refractivity contribution in [3.8, 4) is 0 Å². The van der Waals surface area contributed by atoms with E-state index in [-0.39, 0.29) is 5.41 Å². The van der Waals surface area contributed by atoms with Gasteiger partial charge in [0, 0.05) is 0 Å². The first-order valence-electron chi connectivity index (χ1n) is 5.52. The van der Waals surface area contributed by atoms with Crippen LogP contribution in [0.4, 0.5) is 0 Å². The number of nitrogens with zero attached hydrogens (tertiary/aromatic N) is 1. The third-order valence-electron chi connectivity index (χ3n) is 3.97. The maximum Gasteiger partial charge on any atom is 0.0585 e. The number of hydrogen-bond acceptors (Lipinski definition) is 2. The summed E-state index contributed by atoms with van der Waals surface area (Å²) < 4.78 is 0. The highest BCUT2D eigenvalue weighted by molar-refractivity contribution is 5.88. The van der Waals surface area contributed by atoms with Gasteiger partial charge in [-0.25, -0.2) is 0 Å². The Hall–Kier alpha value is -1.31. The molecule has 2 aliphatic rings. The number of rotatable bonds is 0. The third kappa shape index (κ3) is 1.14. The molecule has 2 unspecified atom stereocenters. The standard InChI is InChI=1S/C13H15NO/c1-13-7-9(6-10(8-13)14-15)11-4-2-3-5-12(11)13/h2-5,9,15H,6-8H2,1H3/b14-10+. The van der Waals surface area contributed by atoms with E-state index in [2.05, 4.69) is 36.3 Å². The molecule has 1 aromatic rings. The molecule has 0 aliphatic heterocycles. The predicted molar refractivity (Wildman–Crippen MR) is 59.6 cm³/mol. The summed E-state index contributed by atoms with van der Waals surface area (Å²) in [5.74, 6) is 0.575. The number of hydrogen-bond donors (Lipinski definition) is 1. The molecule has 0 saturated heterocycles. The Balaban J connectivity index is 2.15. The molecule has 0 amide bonds. The van der Waals surface area contributed by atoms with E-state index in [1.54, 1.807) is 0 Å². The fourth-order valence-electron chi connectivity index (χ4n) is 3.40. The Morgan fingerprint density at radius 1 is 1.40 bits per heavy atom. The van der Waals surface area contributed by atoms with E-state index in [4.69, 9.17) is 5.21 Å². The van der Waals surface area contributed by atoms with Crippen LogP contribution in [-0.4, -0.2) is 10.9 Å². The first kappa shape index (κ1) is 8.96. The van der Waals surface area contributed by atoms with E-state index in [1.807, 2.05) is 0 Å². The molecule has 0 spiro atoms. The van der Waals surface area contributed by atoms with Crippen molar-refractivity contribution in [2.24, 2.45) is 5.16 Å². The van der Waals surface area contributed by atoms with Crippen molar-refractivity contribution in [3.05, 3.63) is 35.4 Å². The zero-order chi connectivity index (χ0) is 10.5. The Bertz CT molecular complexity index is 438. The minimum Gasteiger partial charge on any atom is -0.411 e. The van der Waals surface area contributed by atoms with Gasteiger partial charge < -0.3 is 5.21 Å². The SMILES string of the molecule is CC12C/C(=N/O)CC(C1)c1ccccc12. The van der Waals surface area contributed by atoms with Gasteiger partial charge in [0.25, 0.3) is 0 Å². The fraction of sp³-hybridized carbons (Fsp3) is 0.462. The highest BCUT2D eigenvalue weighted by Gasteiger charge is 2.45. The minimum absolute atomic E-state index is 0.209. The molecule has 2 aliphatic carbocycles. The molecule has 78 valence electrons. The van der Waals surface area contributed by atoms with Gasteiger partial charge in [-0.2, -0.15) is 0 Å². The van der Waals surface area contributed by atoms with Gasteiger partial charge in [0.05, 0.1) is 5.71 Å². The smallest absolute Gasteiger partial charge is 0.0585 e. The van der Waals surface area contributed by atoms with Crippen LogP contribution in [0.2, 0.25) is 0 Å². The summed E-state index contributed by atoms with van der Waals surface area (Å²) in [6, 6.07) is 8.68. The lowest BCUT2D eigenvalue weighted by Crippen LogP contribution is -2.27. The van der Waals surface area contributed by atoms with Gasteiger partial charge in [0.2, 0.25) is 0 Å². The second-order valence-corrected chi connectivity index (χ2v) is 5.10. The van der Waals surface area contributed by atoms with Crippen LogP contribution in [0.5, 0.6) is 0 Å². The van der Waals surface area contributed by atoms with Crippen molar-refractivity contribution in [2.45, 2.75) is 37.5 Å². The Kier molecular flexibility index (Phi) is 1.70. The van der Waals surface area contributed by atoms with Gasteiger partial charge in [0.1, 0.15) is 0 Å². The van der Waals surface area contributed by atoms with Crippen molar-refractivity contribution >= 4 is 5.71 Å². The molecule has 1 N–H and O–H groups in total. The lowest BCUT2D eigenvalue weighted by Gasteiger charge is -2.30. The quantitative estimate of drug-likeness (QED) is 0.508. The number of oxime groups is 1. The van der Waals surface area contributed by atoms with Crippen molar-refractivity contribution < 1.29 is 5.21 Å². The van der Waals surface area contributed by atoms with Gasteiger partial charge in [-0.15, -0.1) is 0 Å². The van der Waals surface area contributed by atoms with Crippen LogP contribution in [-0.2, 0) is 5.41 Å². The molecule has 0 aromatic heterocycles. The minimum atomic E-state index is 0.209. The molecule has 0 radical (unpaired) electrons. The topological polar surface area (TPSA) is 32.6 Å². The average Bonchev–Trinajstić information content (AvgIpc) is 2.47. The fourth-order valence-corrected chi connectivity index (χ4v) is 3.40. The lowest BCUT2D eigenvalue weighted by atomic mass is 9.74. The molecular weight excluding hydrogens is 186 g/mol. The van der Waals surface area contributed by atoms with E-state index in [0.29, 0.717) is 5.92 Å². The lowest BCUT2D eigenvalue weighted by molar-refractivity contribution is 0.307. The number of benzene rings is 1. The Labute approximate surface area is 89.6 Å². The monoisotopic (exact) mass is 201 g/mol. The largest absolute Gasteiger partial charge is 0.411 e. The molecule has 2 nitrogen and oxygen atoms in total. The van der Waals surface area contributed by atoms with E-state index >= 15 is 0 Å². The molecule has 2 heteroatoms. The summed E-state index contributed by atoms with van der Waals surface area (Å²) in [5.41, 5.74) is 4.11. The van der Waals surface area contributed by atoms with Crippen molar-refractivity contribution in [1.29, 1.82) is 0 Å². The molecule has 2 bridgehead atoms. The molecule has 0 heterocycles. The van der Waals surface area contributed by atoms with E-state index in [1.165, 1.54) is 17.5 Å². The summed E-state index contributed by atoms with van der Waals surface area (Å²) in [6.07, 6.45) is 3.06. The molecule has 2 atom stereocenters. The van der Waals surface area contributed by atoms with Crippen LogP contribution < -0.4 is 0 Å². The zero-order valence-electron chi connectivity index (χ0n) is 8.90. The summed E-state index contributed by atoms with van der Waals surface area (Å²) in [4.78, 5) is 0. The third-order valence-corrected chi connectivity index (χ3v) is 3.97. The van der Waals surface area contributed by atoms with Crippen molar-refractivity contribution in [1.82, 2.24) is 0 Å². The number of fused-ring (bicyclic) bond motifs is 5. The maximum atomic E-state index is 8.94. The van der Waals surface area contributed by atoms with Crippen LogP contribution in [0.1, 0.15) is 43.2 Å². The van der Waals surface area contributed by atoms with Gasteiger partial charge in [-0.3, -0.25) is 0 Å². The van der Waals surface area contributed by atoms with Gasteiger partial charge in [0.15, 0.2) is 0 Å². The van der Waals surface area contributed by atoms with E-state index in [9.17, 15) is 0 Å². The normalized spacial score (nSPS) is 35.5. The predicted octanol–water partition coefficient (Wildman–Crippen LogP) is 3.06. The summed E-state index contributed by atoms with van der Waals surface area (Å²) in [7, 11) is 0. The van der Waals surface area contributed by atoms with Gasteiger partial charge in [-0.1, -0.05) is 36.3 Å². The van der Waals surface area contributed by atoms with E-state index < -0.39 is 0 Å². The second-order valence-electron chi connectivity index (χ2n) is 5.10. The van der Waals surface area contributed by atoms with Crippen LogP contribution >= 0.6 is 0 Å². The molecule has 3 rings (SSSR count). The second kappa shape index (κ2) is 2.84. The molecule has 1 fully saturated rings. The molecule has 1 aromatic carbocycles. The summed E-state index contributed by atoms with van der Waals surface area (Å²) in [5, 5.41) is 12.4. The highest BCUT2D eigenvalue weighted by Crippen LogP contribution is 2.53. The Morgan fingerprint density at radius 2 is 2.20 bits per heavy atom. The maximum absolute atomic E-state index is 8.94. The van der Waals surface area contributed by atoms with Crippen LogP contribution in [0.15, 0.2) is 29.4 Å². The summed E-state index contributed by atoms with van der Waals surface area (Å²) in [6.45, 7) is 2.29.